The van der Waals surface area contributed by atoms with Crippen LogP contribution >= 0.6 is 0 Å². The van der Waals surface area contributed by atoms with Crippen molar-refractivity contribution >= 4 is 0 Å². The molecular weight excluding hydrogens is 270 g/mol. The van der Waals surface area contributed by atoms with Crippen LogP contribution in [0.4, 0.5) is 0 Å². The summed E-state index contributed by atoms with van der Waals surface area (Å²) in [5, 5.41) is 0. The summed E-state index contributed by atoms with van der Waals surface area (Å²) in [6.07, 6.45) is 0. The van der Waals surface area contributed by atoms with E-state index in [1.54, 1.807) is 0 Å². The maximum absolute atomic E-state index is 2.32. The van der Waals surface area contributed by atoms with Crippen LogP contribution in [0.25, 0.3) is 0 Å². The first kappa shape index (κ1) is 25.7. The summed E-state index contributed by atoms with van der Waals surface area (Å²) in [4.78, 5) is 0. The van der Waals surface area contributed by atoms with Crippen LogP contribution in [0.5, 0.6) is 0 Å². The normalized spacial score (nSPS) is 25.3. The van der Waals surface area contributed by atoms with Crippen molar-refractivity contribution in [2.45, 2.75) is 0 Å². The van der Waals surface area contributed by atoms with Crippen LogP contribution in [0.3, 0.4) is 0 Å². The highest BCUT2D eigenvalue weighted by Crippen LogP contribution is 2.48. The maximum atomic E-state index is 2.32. The molecule has 1 aliphatic carbocycles. The fraction of sp³-hybridized carbons (Fsp3) is 1.00. The molecule has 1 saturated carbocycles. The Bertz CT molecular complexity index is 236. The predicted octanol–water partition coefficient (Wildman–Crippen LogP) is 0.437. The molecule has 0 amide bonds. The van der Waals surface area contributed by atoms with Crippen LogP contribution < -0.4 is 0 Å². The first-order valence-electron chi connectivity index (χ1n) is 7.20. The van der Waals surface area contributed by atoms with E-state index < -0.39 is 0 Å². The van der Waals surface area contributed by atoms with E-state index in [4.69, 9.17) is 0 Å². The monoisotopic (exact) mass is 309 g/mol. The van der Waals surface area contributed by atoms with Gasteiger partial charge in [0.15, 0.2) is 0 Å². The molecule has 0 aromatic heterocycles. The molecule has 0 aromatic carbocycles. The van der Waals surface area contributed by atoms with Gasteiger partial charge in [0, 0.05) is 17.8 Å². The van der Waals surface area contributed by atoms with E-state index in [0.717, 1.165) is 31.2 Å². The quantitative estimate of drug-likeness (QED) is 0.667. The summed E-state index contributed by atoms with van der Waals surface area (Å²) in [6, 6.07) is 0. The van der Waals surface area contributed by atoms with Crippen molar-refractivity contribution in [3.8, 4) is 0 Å². The Morgan fingerprint density at radius 1 is 0.429 bits per heavy atom. The van der Waals surface area contributed by atoms with Crippen molar-refractivity contribution < 1.29 is 29.9 Å². The Morgan fingerprint density at radius 2 is 0.571 bits per heavy atom. The van der Waals surface area contributed by atoms with Gasteiger partial charge in [-0.2, -0.15) is 0 Å². The summed E-state index contributed by atoms with van der Waals surface area (Å²) in [6.45, 7) is 3.99. The van der Waals surface area contributed by atoms with Gasteiger partial charge in [-0.1, -0.05) is 0 Å². The van der Waals surface area contributed by atoms with Gasteiger partial charge in [0.2, 0.25) is 0 Å². The average molecular weight is 309 g/mol. The lowest BCUT2D eigenvalue weighted by Crippen LogP contribution is -2.39. The molecule has 0 atom stereocenters. The predicted molar refractivity (Wildman–Crippen MR) is 85.0 cm³/mol. The highest BCUT2D eigenvalue weighted by molar-refractivity contribution is 4.96. The molecule has 0 bridgehead atoms. The minimum absolute atomic E-state index is 0. The lowest BCUT2D eigenvalue weighted by atomic mass is 10.2. The second kappa shape index (κ2) is 7.85. The number of quaternary nitrogens is 3. The Morgan fingerprint density at radius 3 is 0.667 bits per heavy atom. The average Bonchev–Trinajstić information content (AvgIpc) is 2.53. The molecular formula is C15H39N3O3. The lowest BCUT2D eigenvalue weighted by molar-refractivity contribution is -0.878. The van der Waals surface area contributed by atoms with Gasteiger partial charge in [-0.25, -0.2) is 0 Å². The standard InChI is InChI=1S/C15H36N3.3H2O/c1-16(2,3)10-13-14(11-17(4,5)6)15(13)12-18(7,8)9;;;/h13-15H,10-12H2,1-9H3;3*1H2/q+3;;;/p-3. The summed E-state index contributed by atoms with van der Waals surface area (Å²) in [7, 11) is 20.9. The molecule has 1 rings (SSSR count). The number of nitrogens with zero attached hydrogens (tertiary/aromatic N) is 3. The Kier molecular flexibility index (Phi) is 9.61. The molecule has 0 aliphatic heterocycles. The zero-order valence-corrected chi connectivity index (χ0v) is 15.5. The summed E-state index contributed by atoms with van der Waals surface area (Å²) < 4.78 is 3.31. The van der Waals surface area contributed by atoms with E-state index in [1.807, 2.05) is 0 Å². The van der Waals surface area contributed by atoms with E-state index >= 15 is 0 Å². The third kappa shape index (κ3) is 10.2. The Balaban J connectivity index is -0.00000108. The SMILES string of the molecule is C[N+](C)(C)CC1C(C[N+](C)(C)C)C1C[N+](C)(C)C.[OH-].[OH-].[OH-]. The van der Waals surface area contributed by atoms with Crippen molar-refractivity contribution in [2.24, 2.45) is 17.8 Å². The van der Waals surface area contributed by atoms with Crippen LogP contribution in [0, 0.1) is 17.8 Å². The van der Waals surface area contributed by atoms with Gasteiger partial charge in [-0.15, -0.1) is 0 Å². The van der Waals surface area contributed by atoms with E-state index in [1.165, 1.54) is 19.6 Å². The van der Waals surface area contributed by atoms with Gasteiger partial charge in [-0.05, 0) is 0 Å². The van der Waals surface area contributed by atoms with Gasteiger partial charge in [0.05, 0.1) is 83.1 Å². The minimum Gasteiger partial charge on any atom is -0.870 e. The van der Waals surface area contributed by atoms with Crippen molar-refractivity contribution in [2.75, 3.05) is 83.1 Å². The zero-order valence-electron chi connectivity index (χ0n) is 15.5. The van der Waals surface area contributed by atoms with E-state index in [2.05, 4.69) is 63.4 Å². The van der Waals surface area contributed by atoms with Crippen molar-refractivity contribution in [3.63, 3.8) is 0 Å². The highest BCUT2D eigenvalue weighted by Gasteiger charge is 2.56. The molecule has 6 heteroatoms. The van der Waals surface area contributed by atoms with Gasteiger partial charge >= 0.3 is 0 Å². The van der Waals surface area contributed by atoms with Crippen LogP contribution in [0.1, 0.15) is 0 Å². The van der Waals surface area contributed by atoms with E-state index in [-0.39, 0.29) is 16.4 Å². The molecule has 0 unspecified atom stereocenters. The molecule has 1 fully saturated rings. The number of hydrogen-bond acceptors (Lipinski definition) is 3. The maximum Gasteiger partial charge on any atom is 0.0819 e. The topological polar surface area (TPSA) is 90.0 Å². The number of rotatable bonds is 6. The van der Waals surface area contributed by atoms with E-state index in [9.17, 15) is 0 Å². The van der Waals surface area contributed by atoms with Crippen molar-refractivity contribution in [1.82, 2.24) is 0 Å². The van der Waals surface area contributed by atoms with Crippen LogP contribution in [0.2, 0.25) is 0 Å². The molecule has 1 aliphatic rings. The fourth-order valence-corrected chi connectivity index (χ4v) is 3.23. The smallest absolute Gasteiger partial charge is 0.0819 e. The number of hydrogen-bond donors (Lipinski definition) is 0. The first-order valence-corrected chi connectivity index (χ1v) is 7.20. The van der Waals surface area contributed by atoms with Crippen molar-refractivity contribution in [1.29, 1.82) is 0 Å². The zero-order chi connectivity index (χ0) is 14.4. The third-order valence-corrected chi connectivity index (χ3v) is 3.78. The molecule has 0 spiro atoms. The third-order valence-electron chi connectivity index (χ3n) is 3.78. The molecule has 0 radical (unpaired) electrons. The van der Waals surface area contributed by atoms with Crippen LogP contribution in [0.15, 0.2) is 0 Å². The fourth-order valence-electron chi connectivity index (χ4n) is 3.23. The second-order valence-corrected chi connectivity index (χ2v) is 9.41. The van der Waals surface area contributed by atoms with Crippen LogP contribution in [-0.2, 0) is 0 Å². The van der Waals surface area contributed by atoms with Gasteiger partial charge < -0.3 is 29.9 Å². The Hall–Kier alpha value is -0.240. The summed E-state index contributed by atoms with van der Waals surface area (Å²) in [5.74, 6) is 2.79. The molecule has 3 N–H and O–H groups in total. The van der Waals surface area contributed by atoms with Crippen LogP contribution in [-0.4, -0.2) is 113 Å². The van der Waals surface area contributed by atoms with E-state index in [0.29, 0.717) is 0 Å². The highest BCUT2D eigenvalue weighted by atomic mass is 16.0. The molecule has 132 valence electrons. The van der Waals surface area contributed by atoms with Gasteiger partial charge in [-0.3, -0.25) is 0 Å². The molecule has 0 saturated heterocycles. The summed E-state index contributed by atoms with van der Waals surface area (Å²) >= 11 is 0. The summed E-state index contributed by atoms with van der Waals surface area (Å²) in [5.41, 5.74) is 0. The van der Waals surface area contributed by atoms with Crippen molar-refractivity contribution in [3.05, 3.63) is 0 Å². The molecule has 6 nitrogen and oxygen atoms in total. The van der Waals surface area contributed by atoms with Gasteiger partial charge in [0.1, 0.15) is 0 Å². The lowest BCUT2D eigenvalue weighted by Gasteiger charge is -2.26. The molecule has 21 heavy (non-hydrogen) atoms. The largest absolute Gasteiger partial charge is 0.870 e. The van der Waals surface area contributed by atoms with Gasteiger partial charge in [0.25, 0.3) is 0 Å². The minimum atomic E-state index is 0. The second-order valence-electron chi connectivity index (χ2n) is 9.41. The Labute approximate surface area is 131 Å². The first-order chi connectivity index (χ1) is 7.79. The molecule has 0 aromatic rings. The molecule has 0 heterocycles.